The molecule has 0 aromatic carbocycles. The molecule has 0 amide bonds. The normalized spacial score (nSPS) is 14.4. The monoisotopic (exact) mass is 120 g/mol. The molecule has 2 rings (SSSR count). The Balaban J connectivity index is 3.01. The first-order chi connectivity index (χ1) is 4.36. The quantitative estimate of drug-likeness (QED) is 0.455. The Labute approximate surface area is 50.7 Å². The minimum atomic E-state index is 0.0404. The van der Waals surface area contributed by atoms with Crippen LogP contribution < -0.4 is 10.6 Å². The van der Waals surface area contributed by atoms with Gasteiger partial charge in [0, 0.05) is 11.3 Å². The van der Waals surface area contributed by atoms with Gasteiger partial charge in [0.1, 0.15) is 0 Å². The van der Waals surface area contributed by atoms with Crippen molar-refractivity contribution >= 4 is 17.9 Å². The first-order valence-electron chi connectivity index (χ1n) is 2.63. The Kier molecular flexibility index (Phi) is 0.656. The van der Waals surface area contributed by atoms with Crippen molar-refractivity contribution in [2.75, 3.05) is 0 Å². The van der Waals surface area contributed by atoms with E-state index < -0.39 is 0 Å². The second-order valence-electron chi connectivity index (χ2n) is 1.93. The zero-order valence-electron chi connectivity index (χ0n) is 4.59. The summed E-state index contributed by atoms with van der Waals surface area (Å²) in [6, 6.07) is 0. The van der Waals surface area contributed by atoms with Crippen LogP contribution in [0.4, 0.5) is 0 Å². The summed E-state index contributed by atoms with van der Waals surface area (Å²) in [5, 5.41) is 8.14. The minimum Gasteiger partial charge on any atom is -0.290 e. The van der Waals surface area contributed by atoms with Crippen molar-refractivity contribution in [3.8, 4) is 0 Å². The molecule has 1 heterocycles. The lowest BCUT2D eigenvalue weighted by Crippen LogP contribution is -2.17. The first-order valence-corrected chi connectivity index (χ1v) is 2.63. The Morgan fingerprint density at radius 3 is 3.11 bits per heavy atom. The van der Waals surface area contributed by atoms with E-state index in [0.717, 1.165) is 10.6 Å². The number of hydrogen-bond donors (Lipinski definition) is 1. The zero-order valence-corrected chi connectivity index (χ0v) is 4.59. The molecule has 0 fully saturated rings. The summed E-state index contributed by atoms with van der Waals surface area (Å²) in [5.41, 5.74) is 0. The van der Waals surface area contributed by atoms with E-state index >= 15 is 0 Å². The Bertz CT molecular complexity index is 328. The average Bonchev–Trinajstić information content (AvgIpc) is 2.22. The van der Waals surface area contributed by atoms with Gasteiger partial charge in [0.05, 0.1) is 11.5 Å². The van der Waals surface area contributed by atoms with E-state index in [9.17, 15) is 4.79 Å². The number of rotatable bonds is 0. The van der Waals surface area contributed by atoms with Gasteiger partial charge >= 0.3 is 0 Å². The smallest absolute Gasteiger partial charge is 0.181 e. The molecule has 3 heteroatoms. The highest BCUT2D eigenvalue weighted by molar-refractivity contribution is 6.26. The van der Waals surface area contributed by atoms with E-state index in [1.807, 2.05) is 0 Å². The molecule has 1 aliphatic carbocycles. The van der Waals surface area contributed by atoms with E-state index in [0.29, 0.717) is 0 Å². The van der Waals surface area contributed by atoms with Crippen LogP contribution in [0.3, 0.4) is 0 Å². The highest BCUT2D eigenvalue weighted by atomic mass is 16.1. The highest BCUT2D eigenvalue weighted by Gasteiger charge is 2.00. The molecule has 1 aliphatic rings. The van der Waals surface area contributed by atoms with Crippen LogP contribution in [-0.4, -0.2) is 16.0 Å². The molecule has 3 nitrogen and oxygen atoms in total. The van der Waals surface area contributed by atoms with E-state index in [1.165, 1.54) is 6.08 Å². The maximum absolute atomic E-state index is 10.6. The maximum Gasteiger partial charge on any atom is 0.181 e. The highest BCUT2D eigenvalue weighted by Crippen LogP contribution is 1.79. The van der Waals surface area contributed by atoms with Gasteiger partial charge in [0.25, 0.3) is 0 Å². The molecule has 0 unspecified atom stereocenters. The van der Waals surface area contributed by atoms with Gasteiger partial charge in [-0.15, -0.1) is 0 Å². The first kappa shape index (κ1) is 4.49. The predicted octanol–water partition coefficient (Wildman–Crippen LogP) is -1.45. The van der Waals surface area contributed by atoms with Crippen LogP contribution >= 0.6 is 0 Å². The number of hydrogen-bond acceptors (Lipinski definition) is 2. The topological polar surface area (TPSA) is 45.8 Å². The molecule has 1 aromatic rings. The molecule has 0 atom stereocenters. The fourth-order valence-corrected chi connectivity index (χ4v) is 0.873. The van der Waals surface area contributed by atoms with Gasteiger partial charge in [-0.3, -0.25) is 9.89 Å². The van der Waals surface area contributed by atoms with Crippen molar-refractivity contribution in [1.29, 1.82) is 0 Å². The second kappa shape index (κ2) is 1.31. The molecule has 0 saturated heterocycles. The molecule has 1 aromatic heterocycles. The molecule has 0 saturated carbocycles. The molecule has 9 heavy (non-hydrogen) atoms. The lowest BCUT2D eigenvalue weighted by atomic mass is 10.4. The molecule has 0 radical (unpaired) electrons. The number of nitrogens with one attached hydrogen (secondary N) is 1. The van der Waals surface area contributed by atoms with Crippen LogP contribution in [0.2, 0.25) is 0 Å². The second-order valence-corrected chi connectivity index (χ2v) is 1.93. The predicted molar refractivity (Wildman–Crippen MR) is 31.8 cm³/mol. The van der Waals surface area contributed by atoms with E-state index in [1.54, 1.807) is 12.3 Å². The lowest BCUT2D eigenvalue weighted by molar-refractivity contribution is -0.107. The molecule has 0 aliphatic heterocycles. The summed E-state index contributed by atoms with van der Waals surface area (Å²) in [7, 11) is 0. The number of nitrogens with zero attached hydrogens (tertiary/aromatic N) is 1. The number of aromatic amines is 1. The SMILES string of the molecule is O=C1C=c2cn[nH]c2=C1. The summed E-state index contributed by atoms with van der Waals surface area (Å²) in [5.74, 6) is 0.0404. The summed E-state index contributed by atoms with van der Waals surface area (Å²) >= 11 is 0. The largest absolute Gasteiger partial charge is 0.290 e. The Morgan fingerprint density at radius 2 is 2.33 bits per heavy atom. The van der Waals surface area contributed by atoms with Crippen molar-refractivity contribution in [2.45, 2.75) is 0 Å². The molecular weight excluding hydrogens is 116 g/mol. The Morgan fingerprint density at radius 1 is 1.44 bits per heavy atom. The van der Waals surface area contributed by atoms with E-state index in [-0.39, 0.29) is 5.78 Å². The number of carbonyl (C=O) groups is 1. The van der Waals surface area contributed by atoms with Gasteiger partial charge < -0.3 is 0 Å². The summed E-state index contributed by atoms with van der Waals surface area (Å²) < 4.78 is 0. The van der Waals surface area contributed by atoms with E-state index in [2.05, 4.69) is 10.2 Å². The van der Waals surface area contributed by atoms with Gasteiger partial charge in [-0.1, -0.05) is 0 Å². The number of Topliss-reactive ketones (excluding diaryl/α,β-unsaturated/α-hetero) is 1. The maximum atomic E-state index is 10.6. The van der Waals surface area contributed by atoms with Gasteiger partial charge in [-0.25, -0.2) is 0 Å². The standard InChI is InChI=1S/C6H4N2O/c9-5-1-4-3-7-8-6(4)2-5/h1-3,8H. The molecule has 0 spiro atoms. The van der Waals surface area contributed by atoms with Crippen molar-refractivity contribution < 1.29 is 4.79 Å². The third kappa shape index (κ3) is 0.512. The molecule has 1 N–H and O–H groups in total. The van der Waals surface area contributed by atoms with Gasteiger partial charge in [0.15, 0.2) is 5.78 Å². The molecular formula is C6H4N2O. The minimum absolute atomic E-state index is 0.0404. The van der Waals surface area contributed by atoms with Gasteiger partial charge in [0.2, 0.25) is 0 Å². The summed E-state index contributed by atoms with van der Waals surface area (Å²) in [4.78, 5) is 10.6. The number of aromatic nitrogens is 2. The summed E-state index contributed by atoms with van der Waals surface area (Å²) in [6.45, 7) is 0. The van der Waals surface area contributed by atoms with Crippen LogP contribution in [-0.2, 0) is 4.79 Å². The van der Waals surface area contributed by atoms with Crippen LogP contribution in [0, 0.1) is 0 Å². The average molecular weight is 120 g/mol. The molecule has 44 valence electrons. The third-order valence-corrected chi connectivity index (χ3v) is 1.28. The lowest BCUT2D eigenvalue weighted by Gasteiger charge is -1.67. The number of fused-ring (bicyclic) bond motifs is 1. The van der Waals surface area contributed by atoms with Crippen LogP contribution in [0.25, 0.3) is 12.2 Å². The van der Waals surface area contributed by atoms with Crippen molar-refractivity contribution in [3.63, 3.8) is 0 Å². The summed E-state index contributed by atoms with van der Waals surface area (Å²) in [6.07, 6.45) is 4.72. The zero-order chi connectivity index (χ0) is 6.27. The van der Waals surface area contributed by atoms with Crippen molar-refractivity contribution in [3.05, 3.63) is 16.8 Å². The third-order valence-electron chi connectivity index (χ3n) is 1.28. The van der Waals surface area contributed by atoms with Gasteiger partial charge in [-0.2, -0.15) is 5.10 Å². The number of carbonyl (C=O) groups excluding carboxylic acids is 1. The van der Waals surface area contributed by atoms with Crippen LogP contribution in [0.1, 0.15) is 0 Å². The fourth-order valence-electron chi connectivity index (χ4n) is 0.873. The van der Waals surface area contributed by atoms with Crippen LogP contribution in [0.15, 0.2) is 6.20 Å². The Hall–Kier alpha value is -1.38. The van der Waals surface area contributed by atoms with Gasteiger partial charge in [-0.05, 0) is 6.08 Å². The molecule has 0 bridgehead atoms. The number of ketones is 1. The van der Waals surface area contributed by atoms with Crippen LogP contribution in [0.5, 0.6) is 0 Å². The van der Waals surface area contributed by atoms with Crippen molar-refractivity contribution in [1.82, 2.24) is 10.2 Å². The van der Waals surface area contributed by atoms with E-state index in [4.69, 9.17) is 0 Å². The number of H-pyrrole nitrogens is 1. The fraction of sp³-hybridized carbons (Fsp3) is 0. The van der Waals surface area contributed by atoms with Crippen molar-refractivity contribution in [2.24, 2.45) is 0 Å².